The molecule has 6 nitrogen and oxygen atoms in total. The van der Waals surface area contributed by atoms with E-state index in [1.165, 1.54) is 12.8 Å². The van der Waals surface area contributed by atoms with Crippen molar-refractivity contribution in [3.63, 3.8) is 0 Å². The zero-order valence-electron chi connectivity index (χ0n) is 19.3. The molecule has 174 valence electrons. The number of carboxylic acid groups (broad SMARTS) is 1. The van der Waals surface area contributed by atoms with Gasteiger partial charge in [0, 0.05) is 12.1 Å². The van der Waals surface area contributed by atoms with Gasteiger partial charge in [0.1, 0.15) is 17.6 Å². The second-order valence-electron chi connectivity index (χ2n) is 8.12. The molecule has 2 aromatic rings. The fraction of sp³-hybridized carbons (Fsp3) is 0.462. The Morgan fingerprint density at radius 3 is 2.09 bits per heavy atom. The largest absolute Gasteiger partial charge is 0.491 e. The van der Waals surface area contributed by atoms with E-state index < -0.39 is 5.97 Å². The third-order valence-corrected chi connectivity index (χ3v) is 4.96. The molecule has 0 spiro atoms. The third-order valence-electron chi connectivity index (χ3n) is 4.96. The smallest absolute Gasteiger partial charge is 0.305 e. The molecule has 2 aromatic carbocycles. The highest BCUT2D eigenvalue weighted by molar-refractivity contribution is 5.94. The van der Waals surface area contributed by atoms with Crippen LogP contribution in [0.15, 0.2) is 48.5 Å². The zero-order chi connectivity index (χ0) is 23.3. The van der Waals surface area contributed by atoms with Crippen molar-refractivity contribution in [1.82, 2.24) is 5.32 Å². The Labute approximate surface area is 190 Å². The van der Waals surface area contributed by atoms with E-state index >= 15 is 0 Å². The number of hydrogen-bond donors (Lipinski definition) is 2. The van der Waals surface area contributed by atoms with Crippen LogP contribution in [0.2, 0.25) is 0 Å². The van der Waals surface area contributed by atoms with Crippen molar-refractivity contribution in [2.24, 2.45) is 0 Å². The van der Waals surface area contributed by atoms with Crippen molar-refractivity contribution in [2.45, 2.75) is 71.5 Å². The summed E-state index contributed by atoms with van der Waals surface area (Å²) in [7, 11) is 0. The fourth-order valence-electron chi connectivity index (χ4n) is 3.32. The van der Waals surface area contributed by atoms with Crippen molar-refractivity contribution in [3.8, 4) is 11.5 Å². The lowest BCUT2D eigenvalue weighted by atomic mass is 10.0. The Bertz CT molecular complexity index is 830. The molecule has 0 saturated carbocycles. The summed E-state index contributed by atoms with van der Waals surface area (Å²) in [5.74, 6) is 0.369. The Balaban J connectivity index is 2.06. The first-order valence-electron chi connectivity index (χ1n) is 11.4. The maximum atomic E-state index is 12.2. The average Bonchev–Trinajstić information content (AvgIpc) is 2.76. The van der Waals surface area contributed by atoms with Crippen LogP contribution in [0, 0.1) is 0 Å². The van der Waals surface area contributed by atoms with E-state index in [0.717, 1.165) is 36.3 Å². The van der Waals surface area contributed by atoms with Crippen molar-refractivity contribution >= 4 is 11.9 Å². The molecule has 2 N–H and O–H groups in total. The molecule has 0 heterocycles. The molecule has 0 saturated heterocycles. The second-order valence-corrected chi connectivity index (χ2v) is 8.12. The predicted molar refractivity (Wildman–Crippen MR) is 125 cm³/mol. The standard InChI is InChI=1S/C26H35NO5/c1-4-5-6-7-8-24(32-23-15-13-22(14-16-23)31-19(2)3)20-9-11-21(12-10-20)26(30)27-18-17-25(28)29/h9-16,19,24H,4-8,17-18H2,1-3H3,(H,27,30)(H,28,29). The molecular weight excluding hydrogens is 406 g/mol. The molecule has 32 heavy (non-hydrogen) atoms. The van der Waals surface area contributed by atoms with Gasteiger partial charge in [-0.05, 0) is 68.7 Å². The van der Waals surface area contributed by atoms with Crippen molar-refractivity contribution in [2.75, 3.05) is 6.54 Å². The summed E-state index contributed by atoms with van der Waals surface area (Å²) in [4.78, 5) is 22.8. The van der Waals surface area contributed by atoms with E-state index in [1.807, 2.05) is 50.2 Å². The molecule has 0 aliphatic heterocycles. The summed E-state index contributed by atoms with van der Waals surface area (Å²) < 4.78 is 12.0. The Morgan fingerprint density at radius 2 is 1.53 bits per heavy atom. The van der Waals surface area contributed by atoms with Crippen LogP contribution < -0.4 is 14.8 Å². The maximum Gasteiger partial charge on any atom is 0.305 e. The molecule has 1 atom stereocenters. The summed E-state index contributed by atoms with van der Waals surface area (Å²) in [6.07, 6.45) is 5.37. The molecule has 0 fully saturated rings. The van der Waals surface area contributed by atoms with Gasteiger partial charge in [0.2, 0.25) is 0 Å². The number of unbranched alkanes of at least 4 members (excludes halogenated alkanes) is 3. The van der Waals surface area contributed by atoms with Gasteiger partial charge in [-0.25, -0.2) is 0 Å². The highest BCUT2D eigenvalue weighted by atomic mass is 16.5. The molecule has 1 amide bonds. The number of carbonyl (C=O) groups excluding carboxylic acids is 1. The number of ether oxygens (including phenoxy) is 2. The van der Waals surface area contributed by atoms with Crippen LogP contribution in [-0.4, -0.2) is 29.6 Å². The molecule has 2 rings (SSSR count). The number of hydrogen-bond acceptors (Lipinski definition) is 4. The number of benzene rings is 2. The van der Waals surface area contributed by atoms with E-state index in [0.29, 0.717) is 5.56 Å². The molecule has 0 aliphatic rings. The van der Waals surface area contributed by atoms with Crippen molar-refractivity contribution in [3.05, 3.63) is 59.7 Å². The minimum atomic E-state index is -0.937. The number of nitrogens with one attached hydrogen (secondary N) is 1. The van der Waals surface area contributed by atoms with Crippen molar-refractivity contribution < 1.29 is 24.2 Å². The van der Waals surface area contributed by atoms with Crippen LogP contribution in [0.3, 0.4) is 0 Å². The summed E-state index contributed by atoms with van der Waals surface area (Å²) in [5.41, 5.74) is 1.50. The second kappa shape index (κ2) is 13.4. The molecule has 0 aliphatic carbocycles. The van der Waals surface area contributed by atoms with Gasteiger partial charge in [-0.3, -0.25) is 9.59 Å². The third kappa shape index (κ3) is 9.00. The first kappa shape index (κ1) is 25.2. The monoisotopic (exact) mass is 441 g/mol. The molecule has 6 heteroatoms. The van der Waals surface area contributed by atoms with Crippen LogP contribution in [-0.2, 0) is 4.79 Å². The number of aliphatic carboxylic acids is 1. The van der Waals surface area contributed by atoms with Gasteiger partial charge >= 0.3 is 5.97 Å². The number of amides is 1. The minimum Gasteiger partial charge on any atom is -0.491 e. The number of carboxylic acids is 1. The Morgan fingerprint density at radius 1 is 0.906 bits per heavy atom. The fourth-order valence-corrected chi connectivity index (χ4v) is 3.32. The highest BCUT2D eigenvalue weighted by Crippen LogP contribution is 2.29. The number of carbonyl (C=O) groups is 2. The van der Waals surface area contributed by atoms with Gasteiger partial charge in [-0.1, -0.05) is 38.3 Å². The summed E-state index contributed by atoms with van der Waals surface area (Å²) in [6, 6.07) is 15.0. The zero-order valence-corrected chi connectivity index (χ0v) is 19.3. The van der Waals surface area contributed by atoms with Crippen LogP contribution in [0.4, 0.5) is 0 Å². The summed E-state index contributed by atoms with van der Waals surface area (Å²) in [6.45, 7) is 6.28. The first-order valence-corrected chi connectivity index (χ1v) is 11.4. The molecule has 0 radical (unpaired) electrons. The summed E-state index contributed by atoms with van der Waals surface area (Å²) >= 11 is 0. The normalized spacial score (nSPS) is 11.8. The van der Waals surface area contributed by atoms with Gasteiger partial charge in [-0.2, -0.15) is 0 Å². The van der Waals surface area contributed by atoms with Crippen LogP contribution in [0.5, 0.6) is 11.5 Å². The van der Waals surface area contributed by atoms with Gasteiger partial charge < -0.3 is 19.9 Å². The lowest BCUT2D eigenvalue weighted by Gasteiger charge is -2.20. The lowest BCUT2D eigenvalue weighted by Crippen LogP contribution is -2.26. The summed E-state index contributed by atoms with van der Waals surface area (Å²) in [5, 5.41) is 11.3. The van der Waals surface area contributed by atoms with E-state index in [2.05, 4.69) is 12.2 Å². The van der Waals surface area contributed by atoms with E-state index in [9.17, 15) is 9.59 Å². The van der Waals surface area contributed by atoms with E-state index in [4.69, 9.17) is 14.6 Å². The minimum absolute atomic E-state index is 0.0987. The molecule has 0 aromatic heterocycles. The SMILES string of the molecule is CCCCCCC(Oc1ccc(OC(C)C)cc1)c1ccc(C(=O)NCCC(=O)O)cc1. The predicted octanol–water partition coefficient (Wildman–Crippen LogP) is 5.77. The molecular formula is C26H35NO5. The van der Waals surface area contributed by atoms with E-state index in [1.54, 1.807) is 12.1 Å². The maximum absolute atomic E-state index is 12.2. The molecule has 1 unspecified atom stereocenters. The average molecular weight is 442 g/mol. The van der Waals surface area contributed by atoms with Crippen LogP contribution in [0.25, 0.3) is 0 Å². The van der Waals surface area contributed by atoms with Crippen LogP contribution >= 0.6 is 0 Å². The Hall–Kier alpha value is -3.02. The number of rotatable bonds is 14. The molecule has 0 bridgehead atoms. The van der Waals surface area contributed by atoms with E-state index in [-0.39, 0.29) is 31.1 Å². The van der Waals surface area contributed by atoms with Crippen LogP contribution in [0.1, 0.15) is 81.3 Å². The van der Waals surface area contributed by atoms with Crippen molar-refractivity contribution in [1.29, 1.82) is 0 Å². The van der Waals surface area contributed by atoms with Gasteiger partial charge in [0.05, 0.1) is 12.5 Å². The van der Waals surface area contributed by atoms with Gasteiger partial charge in [-0.15, -0.1) is 0 Å². The first-order chi connectivity index (χ1) is 15.4. The van der Waals surface area contributed by atoms with Gasteiger partial charge in [0.15, 0.2) is 0 Å². The quantitative estimate of drug-likeness (QED) is 0.364. The van der Waals surface area contributed by atoms with Gasteiger partial charge in [0.25, 0.3) is 5.91 Å². The topological polar surface area (TPSA) is 84.9 Å². The Kier molecular flexibility index (Phi) is 10.6. The highest BCUT2D eigenvalue weighted by Gasteiger charge is 2.15. The lowest BCUT2D eigenvalue weighted by molar-refractivity contribution is -0.136.